The molecule has 1 amide bonds. The number of carbonyl (C=O) groups excluding carboxylic acids is 1. The standard InChI is InChI=1S/C29H39N3O7S/c1-20(2)18-32(40(36,37)25-10-8-22(9-11-25)17-30-35)19-27(33)26(14-21-6-4-3-5-7-21)31-29(34)39-24-15-23-12-13-38-28(23)16-24/h3-11,20,23-24,26-28,33H,12-19H2,1-2H3,(H,31,34)/t23?,24-,26+,27-,28-/m1/s1. The quantitative estimate of drug-likeness (QED) is 0.348. The van der Waals surface area contributed by atoms with Gasteiger partial charge in [-0.05, 0) is 54.4 Å². The van der Waals surface area contributed by atoms with Gasteiger partial charge in [0.1, 0.15) is 12.6 Å². The molecule has 218 valence electrons. The van der Waals surface area contributed by atoms with Crippen LogP contribution in [-0.2, 0) is 32.5 Å². The number of carbonyl (C=O) groups is 1. The zero-order valence-electron chi connectivity index (χ0n) is 23.0. The molecule has 1 unspecified atom stereocenters. The topological polar surface area (TPSA) is 135 Å². The number of nitrogens with one attached hydrogen (secondary N) is 1. The highest BCUT2D eigenvalue weighted by Gasteiger charge is 2.40. The van der Waals surface area contributed by atoms with E-state index in [9.17, 15) is 23.2 Å². The smallest absolute Gasteiger partial charge is 0.407 e. The van der Waals surface area contributed by atoms with E-state index in [0.29, 0.717) is 24.3 Å². The first-order valence-corrected chi connectivity index (χ1v) is 15.3. The van der Waals surface area contributed by atoms with Crippen LogP contribution in [0.1, 0.15) is 44.2 Å². The Morgan fingerprint density at radius 1 is 1.10 bits per heavy atom. The van der Waals surface area contributed by atoms with E-state index >= 15 is 0 Å². The highest BCUT2D eigenvalue weighted by atomic mass is 32.2. The van der Waals surface area contributed by atoms with Crippen molar-refractivity contribution in [1.82, 2.24) is 9.62 Å². The van der Waals surface area contributed by atoms with Gasteiger partial charge in [0, 0.05) is 26.1 Å². The van der Waals surface area contributed by atoms with Gasteiger partial charge in [0.2, 0.25) is 10.0 Å². The summed E-state index contributed by atoms with van der Waals surface area (Å²) in [6, 6.07) is 14.6. The number of fused-ring (bicyclic) bond motifs is 1. The Bertz CT molecular complexity index is 1210. The monoisotopic (exact) mass is 573 g/mol. The number of nitroso groups, excluding NO2 is 1. The molecule has 40 heavy (non-hydrogen) atoms. The summed E-state index contributed by atoms with van der Waals surface area (Å²) >= 11 is 0. The first-order valence-electron chi connectivity index (χ1n) is 13.8. The molecule has 1 aliphatic heterocycles. The van der Waals surface area contributed by atoms with Crippen LogP contribution in [-0.4, -0.2) is 68.0 Å². The Kier molecular flexibility index (Phi) is 10.3. The largest absolute Gasteiger partial charge is 0.446 e. The van der Waals surface area contributed by atoms with Crippen molar-refractivity contribution in [3.63, 3.8) is 0 Å². The second kappa shape index (κ2) is 13.7. The average molecular weight is 574 g/mol. The van der Waals surface area contributed by atoms with Crippen molar-refractivity contribution in [2.24, 2.45) is 17.0 Å². The van der Waals surface area contributed by atoms with E-state index in [1.54, 1.807) is 12.1 Å². The molecule has 5 atom stereocenters. The summed E-state index contributed by atoms with van der Waals surface area (Å²) in [7, 11) is -3.98. The summed E-state index contributed by atoms with van der Waals surface area (Å²) in [4.78, 5) is 23.6. The van der Waals surface area contributed by atoms with Crippen molar-refractivity contribution >= 4 is 16.1 Å². The molecule has 1 saturated heterocycles. The number of hydrogen-bond donors (Lipinski definition) is 2. The maximum absolute atomic E-state index is 13.6. The SMILES string of the molecule is CC(C)CN(C[C@@H](O)[C@H](Cc1ccccc1)NC(=O)O[C@@H]1CC2CCO[C@@H]2C1)S(=O)(=O)c1ccc(CN=O)cc1. The van der Waals surface area contributed by atoms with Gasteiger partial charge in [-0.1, -0.05) is 61.5 Å². The van der Waals surface area contributed by atoms with Gasteiger partial charge in [-0.15, -0.1) is 0 Å². The number of rotatable bonds is 13. The maximum Gasteiger partial charge on any atom is 0.407 e. The number of sulfonamides is 1. The zero-order chi connectivity index (χ0) is 28.7. The highest BCUT2D eigenvalue weighted by molar-refractivity contribution is 7.89. The van der Waals surface area contributed by atoms with Gasteiger partial charge in [-0.3, -0.25) is 0 Å². The lowest BCUT2D eigenvalue weighted by atomic mass is 10.0. The lowest BCUT2D eigenvalue weighted by Crippen LogP contribution is -2.51. The normalized spacial score (nSPS) is 22.2. The van der Waals surface area contributed by atoms with Crippen LogP contribution in [0.2, 0.25) is 0 Å². The van der Waals surface area contributed by atoms with E-state index in [-0.39, 0.29) is 42.7 Å². The summed E-state index contributed by atoms with van der Waals surface area (Å²) in [6.45, 7) is 4.43. The molecule has 2 aromatic carbocycles. The Hall–Kier alpha value is -2.86. The zero-order valence-corrected chi connectivity index (χ0v) is 23.8. The van der Waals surface area contributed by atoms with Crippen LogP contribution in [0.5, 0.6) is 0 Å². The number of alkyl carbamates (subject to hydrolysis) is 1. The third-order valence-electron chi connectivity index (χ3n) is 7.51. The number of hydrogen-bond acceptors (Lipinski definition) is 8. The van der Waals surface area contributed by atoms with Crippen LogP contribution >= 0.6 is 0 Å². The summed E-state index contributed by atoms with van der Waals surface area (Å²) in [6.07, 6.45) is 0.700. The van der Waals surface area contributed by atoms with Crippen molar-refractivity contribution < 1.29 is 27.8 Å². The predicted octanol–water partition coefficient (Wildman–Crippen LogP) is 3.87. The van der Waals surface area contributed by atoms with E-state index in [4.69, 9.17) is 9.47 Å². The first kappa shape index (κ1) is 30.1. The van der Waals surface area contributed by atoms with Crippen molar-refractivity contribution in [3.8, 4) is 0 Å². The number of aliphatic hydroxyl groups is 1. The Morgan fingerprint density at radius 3 is 2.48 bits per heavy atom. The summed E-state index contributed by atoms with van der Waals surface area (Å²) in [5, 5.41) is 17.0. The minimum atomic E-state index is -3.98. The maximum atomic E-state index is 13.6. The minimum Gasteiger partial charge on any atom is -0.446 e. The lowest BCUT2D eigenvalue weighted by molar-refractivity contribution is 0.0554. The summed E-state index contributed by atoms with van der Waals surface area (Å²) < 4.78 is 39.9. The highest BCUT2D eigenvalue weighted by Crippen LogP contribution is 2.37. The molecule has 2 fully saturated rings. The van der Waals surface area contributed by atoms with E-state index in [1.807, 2.05) is 44.2 Å². The molecular weight excluding hydrogens is 534 g/mol. The van der Waals surface area contributed by atoms with Gasteiger partial charge in [0.25, 0.3) is 0 Å². The van der Waals surface area contributed by atoms with Crippen LogP contribution in [0.15, 0.2) is 64.7 Å². The third kappa shape index (κ3) is 7.87. The van der Waals surface area contributed by atoms with Gasteiger partial charge in [0.15, 0.2) is 0 Å². The predicted molar refractivity (Wildman–Crippen MR) is 150 cm³/mol. The molecule has 1 heterocycles. The van der Waals surface area contributed by atoms with Gasteiger partial charge in [0.05, 0.1) is 23.1 Å². The van der Waals surface area contributed by atoms with Crippen LogP contribution in [0.3, 0.4) is 0 Å². The van der Waals surface area contributed by atoms with Crippen molar-refractivity contribution in [2.45, 2.75) is 75.3 Å². The molecule has 0 aromatic heterocycles. The summed E-state index contributed by atoms with van der Waals surface area (Å²) in [5.41, 5.74) is 1.49. The first-order chi connectivity index (χ1) is 19.2. The van der Waals surface area contributed by atoms with Crippen molar-refractivity contribution in [3.05, 3.63) is 70.6 Å². The third-order valence-corrected chi connectivity index (χ3v) is 9.36. The molecule has 0 bridgehead atoms. The van der Waals surface area contributed by atoms with Gasteiger partial charge >= 0.3 is 6.09 Å². The van der Waals surface area contributed by atoms with Crippen molar-refractivity contribution in [2.75, 3.05) is 19.7 Å². The summed E-state index contributed by atoms with van der Waals surface area (Å²) in [5.74, 6) is 0.386. The van der Waals surface area contributed by atoms with E-state index in [2.05, 4.69) is 10.5 Å². The Morgan fingerprint density at radius 2 is 1.82 bits per heavy atom. The number of benzene rings is 2. The fourth-order valence-corrected chi connectivity index (χ4v) is 7.13. The molecule has 0 radical (unpaired) electrons. The van der Waals surface area contributed by atoms with Crippen LogP contribution < -0.4 is 5.32 Å². The number of ether oxygens (including phenoxy) is 2. The molecular formula is C29H39N3O7S. The van der Waals surface area contributed by atoms with Gasteiger partial charge in [-0.25, -0.2) is 13.2 Å². The average Bonchev–Trinajstić information content (AvgIpc) is 3.51. The fraction of sp³-hybridized carbons (Fsp3) is 0.552. The minimum absolute atomic E-state index is 0.0185. The molecule has 0 spiro atoms. The molecule has 1 saturated carbocycles. The second-order valence-electron chi connectivity index (χ2n) is 11.1. The van der Waals surface area contributed by atoms with Crippen LogP contribution in [0.4, 0.5) is 4.79 Å². The van der Waals surface area contributed by atoms with Gasteiger partial charge in [-0.2, -0.15) is 9.21 Å². The number of nitrogens with zero attached hydrogens (tertiary/aromatic N) is 2. The Balaban J connectivity index is 1.49. The van der Waals surface area contributed by atoms with E-state index in [1.165, 1.54) is 16.4 Å². The van der Waals surface area contributed by atoms with E-state index < -0.39 is 28.3 Å². The number of aliphatic hydroxyl groups excluding tert-OH is 1. The van der Waals surface area contributed by atoms with E-state index in [0.717, 1.165) is 25.0 Å². The molecule has 2 aliphatic rings. The lowest BCUT2D eigenvalue weighted by Gasteiger charge is -2.31. The Labute approximate surface area is 236 Å². The van der Waals surface area contributed by atoms with Gasteiger partial charge < -0.3 is 19.9 Å². The number of amides is 1. The molecule has 1 aliphatic carbocycles. The molecule has 4 rings (SSSR count). The molecule has 2 N–H and O–H groups in total. The van der Waals surface area contributed by atoms with Crippen molar-refractivity contribution in [1.29, 1.82) is 0 Å². The molecule has 2 aromatic rings. The molecule has 11 heteroatoms. The fourth-order valence-electron chi connectivity index (χ4n) is 5.50. The second-order valence-corrected chi connectivity index (χ2v) is 13.0. The van der Waals surface area contributed by atoms with Crippen LogP contribution in [0.25, 0.3) is 0 Å². The molecule has 10 nitrogen and oxygen atoms in total. The van der Waals surface area contributed by atoms with Crippen LogP contribution in [0, 0.1) is 16.7 Å².